The van der Waals surface area contributed by atoms with Gasteiger partial charge in [-0.15, -0.1) is 0 Å². The average Bonchev–Trinajstić information content (AvgIpc) is 3.08. The smallest absolute Gasteiger partial charge is 0.252 e. The predicted octanol–water partition coefficient (Wildman–Crippen LogP) is 2.08. The maximum absolute atomic E-state index is 13.3. The Morgan fingerprint density at radius 1 is 1.27 bits per heavy atom. The molecule has 0 aromatic carbocycles. The van der Waals surface area contributed by atoms with E-state index in [1.807, 2.05) is 16.9 Å². The summed E-state index contributed by atoms with van der Waals surface area (Å²) in [6, 6.07) is 1.85. The fourth-order valence-electron chi connectivity index (χ4n) is 3.13. The normalized spacial score (nSPS) is 24.7. The molecule has 2 aliphatic carbocycles. The monoisotopic (exact) mass is 313 g/mol. The second-order valence-corrected chi connectivity index (χ2v) is 6.41. The second kappa shape index (κ2) is 5.30. The van der Waals surface area contributed by atoms with Gasteiger partial charge in [0, 0.05) is 38.9 Å². The molecule has 5 nitrogen and oxygen atoms in total. The summed E-state index contributed by atoms with van der Waals surface area (Å²) in [6.07, 6.45) is 4.99. The number of alkyl halides is 2. The van der Waals surface area contributed by atoms with Crippen LogP contribution in [0.15, 0.2) is 18.5 Å². The van der Waals surface area contributed by atoms with Crippen LogP contribution in [0.2, 0.25) is 0 Å². The molecule has 1 heterocycles. The van der Waals surface area contributed by atoms with Gasteiger partial charge >= 0.3 is 0 Å². The molecule has 0 saturated heterocycles. The molecule has 1 N–H and O–H groups in total. The largest absolute Gasteiger partial charge is 0.368 e. The topological polar surface area (TPSA) is 56.1 Å². The molecular weight excluding hydrogens is 292 g/mol. The van der Waals surface area contributed by atoms with Crippen molar-refractivity contribution in [1.82, 2.24) is 15.1 Å². The average molecular weight is 313 g/mol. The van der Waals surface area contributed by atoms with E-state index in [0.29, 0.717) is 6.54 Å². The number of ether oxygens (including phenoxy) is 1. The van der Waals surface area contributed by atoms with Gasteiger partial charge in [0.25, 0.3) is 5.91 Å². The Bertz CT molecular complexity index is 531. The van der Waals surface area contributed by atoms with Crippen molar-refractivity contribution in [2.75, 3.05) is 13.7 Å². The highest BCUT2D eigenvalue weighted by molar-refractivity contribution is 5.85. The molecule has 0 spiro atoms. The first kappa shape index (κ1) is 15.4. The summed E-state index contributed by atoms with van der Waals surface area (Å²) in [6.45, 7) is 0.453. The Balaban J connectivity index is 1.62. The number of methoxy groups -OCH3 is 1. The van der Waals surface area contributed by atoms with Gasteiger partial charge in [-0.25, -0.2) is 8.78 Å². The van der Waals surface area contributed by atoms with Crippen molar-refractivity contribution in [2.45, 2.75) is 55.6 Å². The number of halogens is 2. The lowest BCUT2D eigenvalue weighted by molar-refractivity contribution is -0.159. The molecule has 0 radical (unpaired) electrons. The van der Waals surface area contributed by atoms with Crippen LogP contribution in [0, 0.1) is 0 Å². The summed E-state index contributed by atoms with van der Waals surface area (Å²) in [5, 5.41) is 7.13. The molecule has 2 fully saturated rings. The number of nitrogens with one attached hydrogen (secondary N) is 1. The van der Waals surface area contributed by atoms with E-state index in [4.69, 9.17) is 4.74 Å². The molecule has 1 aromatic rings. The van der Waals surface area contributed by atoms with Crippen LogP contribution in [-0.2, 0) is 15.1 Å². The van der Waals surface area contributed by atoms with Crippen molar-refractivity contribution >= 4 is 5.91 Å². The van der Waals surface area contributed by atoms with Crippen LogP contribution >= 0.6 is 0 Å². The number of carbonyl (C=O) groups is 1. The highest BCUT2D eigenvalue weighted by Crippen LogP contribution is 2.43. The molecule has 7 heteroatoms. The molecule has 1 aromatic heterocycles. The summed E-state index contributed by atoms with van der Waals surface area (Å²) in [4.78, 5) is 12.5. The van der Waals surface area contributed by atoms with Gasteiger partial charge in [0.05, 0.1) is 5.54 Å². The summed E-state index contributed by atoms with van der Waals surface area (Å²) in [5.74, 6) is -2.97. The molecule has 122 valence electrons. The van der Waals surface area contributed by atoms with Gasteiger partial charge in [0.15, 0.2) is 0 Å². The Kier molecular flexibility index (Phi) is 3.71. The number of carbonyl (C=O) groups excluding carboxylic acids is 1. The van der Waals surface area contributed by atoms with Crippen LogP contribution in [0.1, 0.15) is 38.5 Å². The van der Waals surface area contributed by atoms with Gasteiger partial charge in [0.2, 0.25) is 5.92 Å². The van der Waals surface area contributed by atoms with Gasteiger partial charge in [-0.05, 0) is 31.7 Å². The fraction of sp³-hybridized carbons (Fsp3) is 0.733. The molecule has 3 rings (SSSR count). The Labute approximate surface area is 128 Å². The van der Waals surface area contributed by atoms with E-state index < -0.39 is 11.5 Å². The number of hydrogen-bond donors (Lipinski definition) is 1. The zero-order valence-corrected chi connectivity index (χ0v) is 12.6. The van der Waals surface area contributed by atoms with Crippen LogP contribution in [0.4, 0.5) is 8.78 Å². The lowest BCUT2D eigenvalue weighted by Gasteiger charge is -2.37. The van der Waals surface area contributed by atoms with Gasteiger partial charge in [-0.3, -0.25) is 9.48 Å². The van der Waals surface area contributed by atoms with E-state index in [2.05, 4.69) is 10.4 Å². The summed E-state index contributed by atoms with van der Waals surface area (Å²) >= 11 is 0. The van der Waals surface area contributed by atoms with Crippen LogP contribution in [-0.4, -0.2) is 40.9 Å². The van der Waals surface area contributed by atoms with E-state index in [-0.39, 0.29) is 37.1 Å². The van der Waals surface area contributed by atoms with Crippen LogP contribution < -0.4 is 5.32 Å². The summed E-state index contributed by atoms with van der Waals surface area (Å²) < 4.78 is 33.8. The van der Waals surface area contributed by atoms with E-state index in [0.717, 1.165) is 12.8 Å². The Morgan fingerprint density at radius 2 is 1.95 bits per heavy atom. The lowest BCUT2D eigenvalue weighted by Crippen LogP contribution is -2.53. The van der Waals surface area contributed by atoms with Crippen molar-refractivity contribution in [3.63, 3.8) is 0 Å². The van der Waals surface area contributed by atoms with Crippen LogP contribution in [0.25, 0.3) is 0 Å². The van der Waals surface area contributed by atoms with Crippen molar-refractivity contribution in [2.24, 2.45) is 0 Å². The minimum Gasteiger partial charge on any atom is -0.368 e. The number of amides is 1. The van der Waals surface area contributed by atoms with Gasteiger partial charge in [-0.1, -0.05) is 0 Å². The van der Waals surface area contributed by atoms with Crippen molar-refractivity contribution in [1.29, 1.82) is 0 Å². The highest BCUT2D eigenvalue weighted by atomic mass is 19.3. The molecule has 2 saturated carbocycles. The standard InChI is InChI=1S/C15H21F2N3O2/c1-22-14(5-7-15(16,17)8-6-14)12(21)18-11-13(3-4-13)20-10-2-9-19-20/h2,9-10H,3-8,11H2,1H3,(H,18,21). The minimum atomic E-state index is -2.69. The number of rotatable bonds is 5. The van der Waals surface area contributed by atoms with Crippen molar-refractivity contribution < 1.29 is 18.3 Å². The van der Waals surface area contributed by atoms with E-state index >= 15 is 0 Å². The molecule has 0 bridgehead atoms. The SMILES string of the molecule is COC1(C(=O)NCC2(n3cccn3)CC2)CCC(F)(F)CC1. The van der Waals surface area contributed by atoms with E-state index in [9.17, 15) is 13.6 Å². The first-order chi connectivity index (χ1) is 10.4. The quantitative estimate of drug-likeness (QED) is 0.905. The van der Waals surface area contributed by atoms with Gasteiger partial charge in [0.1, 0.15) is 5.60 Å². The number of nitrogens with zero attached hydrogens (tertiary/aromatic N) is 2. The Hall–Kier alpha value is -1.50. The third-order valence-electron chi connectivity index (χ3n) is 4.99. The molecule has 1 amide bonds. The third kappa shape index (κ3) is 2.74. The number of hydrogen-bond acceptors (Lipinski definition) is 3. The zero-order valence-electron chi connectivity index (χ0n) is 12.6. The summed E-state index contributed by atoms with van der Waals surface area (Å²) in [5.41, 5.74) is -1.28. The zero-order chi connectivity index (χ0) is 15.8. The van der Waals surface area contributed by atoms with E-state index in [1.54, 1.807) is 6.20 Å². The first-order valence-electron chi connectivity index (χ1n) is 7.63. The number of aromatic nitrogens is 2. The minimum absolute atomic E-state index is 0.0527. The molecule has 2 aliphatic rings. The van der Waals surface area contributed by atoms with Crippen LogP contribution in [0.3, 0.4) is 0 Å². The van der Waals surface area contributed by atoms with Crippen molar-refractivity contribution in [3.8, 4) is 0 Å². The predicted molar refractivity (Wildman–Crippen MR) is 75.6 cm³/mol. The van der Waals surface area contributed by atoms with Gasteiger partial charge in [-0.2, -0.15) is 5.10 Å². The first-order valence-corrected chi connectivity index (χ1v) is 7.63. The van der Waals surface area contributed by atoms with Crippen LogP contribution in [0.5, 0.6) is 0 Å². The van der Waals surface area contributed by atoms with Gasteiger partial charge < -0.3 is 10.1 Å². The molecule has 0 aliphatic heterocycles. The molecular formula is C15H21F2N3O2. The molecule has 0 atom stereocenters. The van der Waals surface area contributed by atoms with Crippen molar-refractivity contribution in [3.05, 3.63) is 18.5 Å². The lowest BCUT2D eigenvalue weighted by atomic mass is 9.82. The molecule has 22 heavy (non-hydrogen) atoms. The molecule has 0 unspecified atom stereocenters. The highest BCUT2D eigenvalue weighted by Gasteiger charge is 2.50. The van der Waals surface area contributed by atoms with E-state index in [1.165, 1.54) is 7.11 Å². The second-order valence-electron chi connectivity index (χ2n) is 6.41. The summed E-state index contributed by atoms with van der Waals surface area (Å²) in [7, 11) is 1.42. The Morgan fingerprint density at radius 3 is 2.45 bits per heavy atom. The third-order valence-corrected chi connectivity index (χ3v) is 4.99. The maximum atomic E-state index is 13.3. The fourth-order valence-corrected chi connectivity index (χ4v) is 3.13. The maximum Gasteiger partial charge on any atom is 0.252 e.